The van der Waals surface area contributed by atoms with Crippen LogP contribution in [0.25, 0.3) is 0 Å². The summed E-state index contributed by atoms with van der Waals surface area (Å²) in [5.41, 5.74) is 0.421. The van der Waals surface area contributed by atoms with E-state index in [4.69, 9.17) is 10.00 Å². The molecule has 0 saturated heterocycles. The van der Waals surface area contributed by atoms with Crippen LogP contribution in [0.3, 0.4) is 0 Å². The number of carbonyl (C=O) groups excluding carboxylic acids is 2. The molecule has 0 radical (unpaired) electrons. The lowest BCUT2D eigenvalue weighted by molar-refractivity contribution is 0.0590. The SMILES string of the molecule is COC(=O)c1cc(Br)ccc1C(=O)N(CC#N)CC(C)C. The predicted molar refractivity (Wildman–Crippen MR) is 81.8 cm³/mol. The van der Waals surface area contributed by atoms with Crippen molar-refractivity contribution < 1.29 is 14.3 Å². The first-order valence-electron chi connectivity index (χ1n) is 6.44. The molecule has 5 nitrogen and oxygen atoms in total. The normalized spacial score (nSPS) is 10.1. The average molecular weight is 353 g/mol. The third-order valence-electron chi connectivity index (χ3n) is 2.75. The fourth-order valence-electron chi connectivity index (χ4n) is 1.90. The monoisotopic (exact) mass is 352 g/mol. The minimum atomic E-state index is -0.582. The number of nitrogens with zero attached hydrogens (tertiary/aromatic N) is 2. The molecular formula is C15H17BrN2O3. The number of nitriles is 1. The van der Waals surface area contributed by atoms with E-state index in [1.54, 1.807) is 18.2 Å². The number of esters is 1. The zero-order valence-corrected chi connectivity index (χ0v) is 13.8. The summed E-state index contributed by atoms with van der Waals surface area (Å²) in [4.78, 5) is 25.8. The van der Waals surface area contributed by atoms with E-state index in [-0.39, 0.29) is 29.5 Å². The van der Waals surface area contributed by atoms with Gasteiger partial charge in [0.15, 0.2) is 0 Å². The van der Waals surface area contributed by atoms with Crippen molar-refractivity contribution in [3.05, 3.63) is 33.8 Å². The second-order valence-electron chi connectivity index (χ2n) is 4.92. The van der Waals surface area contributed by atoms with Crippen molar-refractivity contribution in [2.45, 2.75) is 13.8 Å². The Morgan fingerprint density at radius 2 is 2.05 bits per heavy atom. The van der Waals surface area contributed by atoms with Gasteiger partial charge in [0.2, 0.25) is 0 Å². The van der Waals surface area contributed by atoms with Crippen molar-refractivity contribution in [1.29, 1.82) is 5.26 Å². The molecule has 112 valence electrons. The van der Waals surface area contributed by atoms with Gasteiger partial charge in [-0.2, -0.15) is 5.26 Å². The number of halogens is 1. The molecule has 0 fully saturated rings. The molecule has 0 aliphatic carbocycles. The molecule has 0 atom stereocenters. The quantitative estimate of drug-likeness (QED) is 0.603. The lowest BCUT2D eigenvalue weighted by Crippen LogP contribution is -2.35. The third kappa shape index (κ3) is 4.57. The Bertz CT molecular complexity index is 579. The Morgan fingerprint density at radius 1 is 1.38 bits per heavy atom. The molecule has 21 heavy (non-hydrogen) atoms. The second-order valence-corrected chi connectivity index (χ2v) is 5.83. The number of carbonyl (C=O) groups is 2. The van der Waals surface area contributed by atoms with Crippen molar-refractivity contribution in [3.63, 3.8) is 0 Å². The van der Waals surface area contributed by atoms with Gasteiger partial charge < -0.3 is 9.64 Å². The van der Waals surface area contributed by atoms with E-state index in [0.29, 0.717) is 11.0 Å². The highest BCUT2D eigenvalue weighted by Gasteiger charge is 2.23. The number of methoxy groups -OCH3 is 1. The fourth-order valence-corrected chi connectivity index (χ4v) is 2.26. The summed E-state index contributed by atoms with van der Waals surface area (Å²) in [5.74, 6) is -0.710. The number of ether oxygens (including phenoxy) is 1. The molecule has 0 aliphatic rings. The maximum atomic E-state index is 12.6. The number of benzene rings is 1. The van der Waals surface area contributed by atoms with E-state index in [9.17, 15) is 9.59 Å². The molecule has 0 N–H and O–H groups in total. The molecule has 1 amide bonds. The van der Waals surface area contributed by atoms with Crippen LogP contribution >= 0.6 is 15.9 Å². The lowest BCUT2D eigenvalue weighted by atomic mass is 10.1. The molecule has 0 saturated carbocycles. The first kappa shape index (κ1) is 17.2. The Labute approximate surface area is 132 Å². The number of hydrogen-bond acceptors (Lipinski definition) is 4. The van der Waals surface area contributed by atoms with Crippen LogP contribution in [0, 0.1) is 17.2 Å². The lowest BCUT2D eigenvalue weighted by Gasteiger charge is -2.22. The van der Waals surface area contributed by atoms with Crippen molar-refractivity contribution in [3.8, 4) is 6.07 Å². The van der Waals surface area contributed by atoms with Crippen LogP contribution < -0.4 is 0 Å². The van der Waals surface area contributed by atoms with Gasteiger partial charge in [0, 0.05) is 11.0 Å². The van der Waals surface area contributed by atoms with Crippen LogP contribution in [0.1, 0.15) is 34.6 Å². The number of rotatable bonds is 5. The van der Waals surface area contributed by atoms with Crippen LogP contribution in [-0.2, 0) is 4.74 Å². The van der Waals surface area contributed by atoms with Crippen LogP contribution in [0.2, 0.25) is 0 Å². The summed E-state index contributed by atoms with van der Waals surface area (Å²) in [7, 11) is 1.26. The Balaban J connectivity index is 3.21. The largest absolute Gasteiger partial charge is 0.465 e. The van der Waals surface area contributed by atoms with Gasteiger partial charge in [-0.3, -0.25) is 4.79 Å². The summed E-state index contributed by atoms with van der Waals surface area (Å²) >= 11 is 3.27. The van der Waals surface area contributed by atoms with Gasteiger partial charge in [-0.05, 0) is 24.1 Å². The van der Waals surface area contributed by atoms with Crippen molar-refractivity contribution in [2.75, 3.05) is 20.2 Å². The highest BCUT2D eigenvalue weighted by molar-refractivity contribution is 9.10. The van der Waals surface area contributed by atoms with Crippen LogP contribution in [0.15, 0.2) is 22.7 Å². The predicted octanol–water partition coefficient (Wildman–Crippen LogP) is 2.86. The summed E-state index contributed by atoms with van der Waals surface area (Å²) in [5, 5.41) is 8.87. The van der Waals surface area contributed by atoms with Gasteiger partial charge in [-0.15, -0.1) is 0 Å². The molecule has 0 bridgehead atoms. The number of amides is 1. The van der Waals surface area contributed by atoms with Gasteiger partial charge >= 0.3 is 5.97 Å². The maximum Gasteiger partial charge on any atom is 0.338 e. The molecule has 1 aromatic carbocycles. The molecule has 0 spiro atoms. The van der Waals surface area contributed by atoms with Crippen molar-refractivity contribution in [1.82, 2.24) is 4.90 Å². The van der Waals surface area contributed by atoms with Crippen LogP contribution in [0.4, 0.5) is 0 Å². The first-order chi connectivity index (χ1) is 9.90. The smallest absolute Gasteiger partial charge is 0.338 e. The van der Waals surface area contributed by atoms with Crippen molar-refractivity contribution >= 4 is 27.8 Å². The standard InChI is InChI=1S/C15H17BrN2O3/c1-10(2)9-18(7-6-17)14(19)12-5-4-11(16)8-13(12)15(20)21-3/h4-5,8,10H,7,9H2,1-3H3. The summed E-state index contributed by atoms with van der Waals surface area (Å²) in [6, 6.07) is 6.76. The van der Waals surface area contributed by atoms with E-state index in [1.165, 1.54) is 12.0 Å². The van der Waals surface area contributed by atoms with Gasteiger partial charge in [-0.25, -0.2) is 4.79 Å². The zero-order valence-electron chi connectivity index (χ0n) is 12.2. The topological polar surface area (TPSA) is 70.4 Å². The highest BCUT2D eigenvalue weighted by atomic mass is 79.9. The van der Waals surface area contributed by atoms with E-state index < -0.39 is 5.97 Å². The van der Waals surface area contributed by atoms with E-state index in [2.05, 4.69) is 15.9 Å². The maximum absolute atomic E-state index is 12.6. The van der Waals surface area contributed by atoms with Gasteiger partial charge in [0.1, 0.15) is 6.54 Å². The summed E-state index contributed by atoms with van der Waals surface area (Å²) < 4.78 is 5.38. The Morgan fingerprint density at radius 3 is 2.57 bits per heavy atom. The first-order valence-corrected chi connectivity index (χ1v) is 7.24. The van der Waals surface area contributed by atoms with Gasteiger partial charge in [0.05, 0.1) is 24.3 Å². The van der Waals surface area contributed by atoms with Crippen molar-refractivity contribution in [2.24, 2.45) is 5.92 Å². The summed E-state index contributed by atoms with van der Waals surface area (Å²) in [6.07, 6.45) is 0. The minimum absolute atomic E-state index is 0.0201. The van der Waals surface area contributed by atoms with Gasteiger partial charge in [0.25, 0.3) is 5.91 Å². The molecule has 0 aliphatic heterocycles. The van der Waals surface area contributed by atoms with E-state index >= 15 is 0 Å². The Hall–Kier alpha value is -1.87. The van der Waals surface area contributed by atoms with E-state index in [1.807, 2.05) is 19.9 Å². The highest BCUT2D eigenvalue weighted by Crippen LogP contribution is 2.19. The minimum Gasteiger partial charge on any atom is -0.465 e. The molecular weight excluding hydrogens is 336 g/mol. The molecule has 0 heterocycles. The molecule has 0 unspecified atom stereocenters. The molecule has 1 aromatic rings. The second kappa shape index (κ2) is 7.79. The number of hydrogen-bond donors (Lipinski definition) is 0. The third-order valence-corrected chi connectivity index (χ3v) is 3.24. The van der Waals surface area contributed by atoms with Crippen LogP contribution in [0.5, 0.6) is 0 Å². The van der Waals surface area contributed by atoms with Crippen LogP contribution in [-0.4, -0.2) is 37.0 Å². The summed E-state index contributed by atoms with van der Waals surface area (Å²) in [6.45, 7) is 4.34. The average Bonchev–Trinajstić information content (AvgIpc) is 2.44. The Kier molecular flexibility index (Phi) is 6.38. The van der Waals surface area contributed by atoms with E-state index in [0.717, 1.165) is 0 Å². The zero-order chi connectivity index (χ0) is 16.0. The fraction of sp³-hybridized carbons (Fsp3) is 0.400. The van der Waals surface area contributed by atoms with Gasteiger partial charge in [-0.1, -0.05) is 29.8 Å². The molecule has 0 aromatic heterocycles. The molecule has 1 rings (SSSR count). The molecule has 6 heteroatoms.